The first-order valence-electron chi connectivity index (χ1n) is 12.8. The van der Waals surface area contributed by atoms with Crippen molar-refractivity contribution < 1.29 is 0 Å². The minimum Gasteiger partial charge on any atom is -0.309 e. The van der Waals surface area contributed by atoms with Gasteiger partial charge in [-0.25, -0.2) is 0 Å². The van der Waals surface area contributed by atoms with E-state index in [1.165, 1.54) is 70.9 Å². The Morgan fingerprint density at radius 2 is 0.838 bits per heavy atom. The molecule has 0 atom stereocenters. The zero-order valence-corrected chi connectivity index (χ0v) is 20.2. The molecule has 0 saturated heterocycles. The van der Waals surface area contributed by atoms with Crippen molar-refractivity contribution in [2.45, 2.75) is 0 Å². The molecule has 0 aliphatic carbocycles. The Morgan fingerprint density at radius 1 is 0.297 bits per heavy atom. The highest BCUT2D eigenvalue weighted by atomic mass is 15.0. The van der Waals surface area contributed by atoms with E-state index in [-0.39, 0.29) is 0 Å². The van der Waals surface area contributed by atoms with E-state index in [9.17, 15) is 0 Å². The van der Waals surface area contributed by atoms with Crippen molar-refractivity contribution in [3.8, 4) is 16.8 Å². The lowest BCUT2D eigenvalue weighted by Crippen LogP contribution is -1.94. The molecule has 0 unspecified atom stereocenters. The molecule has 0 N–H and O–H groups in total. The number of fused-ring (bicyclic) bond motifs is 9. The highest BCUT2D eigenvalue weighted by Gasteiger charge is 2.16. The highest BCUT2D eigenvalue weighted by Crippen LogP contribution is 2.41. The molecule has 7 aromatic carbocycles. The van der Waals surface area contributed by atoms with Gasteiger partial charge in [0.25, 0.3) is 0 Å². The monoisotopic (exact) mass is 469 g/mol. The molecule has 37 heavy (non-hydrogen) atoms. The molecular formula is C36H23N. The van der Waals surface area contributed by atoms with Crippen LogP contribution >= 0.6 is 0 Å². The zero-order valence-electron chi connectivity index (χ0n) is 20.2. The average molecular weight is 470 g/mol. The molecule has 1 nitrogen and oxygen atoms in total. The summed E-state index contributed by atoms with van der Waals surface area (Å²) in [5.41, 5.74) is 6.09. The predicted molar refractivity (Wildman–Crippen MR) is 159 cm³/mol. The van der Waals surface area contributed by atoms with Crippen LogP contribution in [-0.4, -0.2) is 4.57 Å². The number of para-hydroxylation sites is 1. The Hall–Kier alpha value is -4.88. The molecule has 8 rings (SSSR count). The van der Waals surface area contributed by atoms with E-state index in [2.05, 4.69) is 144 Å². The second-order valence-corrected chi connectivity index (χ2v) is 9.78. The molecule has 0 spiro atoms. The quantitative estimate of drug-likeness (QED) is 0.222. The smallest absolute Gasteiger partial charge is 0.0547 e. The normalized spacial score (nSPS) is 11.8. The SMILES string of the molecule is c1ccc(-c2cccc(-n3c4ccccc4c4cc5c6ccccc6c6ccccc6c5cc43)c2)cc1. The molecule has 8 aromatic rings. The summed E-state index contributed by atoms with van der Waals surface area (Å²) in [5, 5.41) is 10.4. The molecule has 0 fully saturated rings. The van der Waals surface area contributed by atoms with E-state index in [1.54, 1.807) is 0 Å². The van der Waals surface area contributed by atoms with Gasteiger partial charge in [0.05, 0.1) is 11.0 Å². The van der Waals surface area contributed by atoms with Gasteiger partial charge in [0.2, 0.25) is 0 Å². The number of hydrogen-bond donors (Lipinski definition) is 0. The Morgan fingerprint density at radius 3 is 1.54 bits per heavy atom. The van der Waals surface area contributed by atoms with Gasteiger partial charge >= 0.3 is 0 Å². The van der Waals surface area contributed by atoms with Gasteiger partial charge in [-0.05, 0) is 73.8 Å². The van der Waals surface area contributed by atoms with Crippen LogP contribution in [0.15, 0.2) is 140 Å². The second kappa shape index (κ2) is 7.81. The maximum absolute atomic E-state index is 2.43. The summed E-state index contributed by atoms with van der Waals surface area (Å²) in [6.07, 6.45) is 0. The predicted octanol–water partition coefficient (Wildman–Crippen LogP) is 9.91. The van der Waals surface area contributed by atoms with Crippen molar-refractivity contribution in [3.05, 3.63) is 140 Å². The molecular weight excluding hydrogens is 446 g/mol. The summed E-state index contributed by atoms with van der Waals surface area (Å²) in [5.74, 6) is 0. The Bertz CT molecular complexity index is 2130. The van der Waals surface area contributed by atoms with Crippen molar-refractivity contribution in [2.24, 2.45) is 0 Å². The minimum absolute atomic E-state index is 1.18. The number of rotatable bonds is 2. The third-order valence-electron chi connectivity index (χ3n) is 7.75. The van der Waals surface area contributed by atoms with Crippen LogP contribution in [0, 0.1) is 0 Å². The van der Waals surface area contributed by atoms with Crippen molar-refractivity contribution in [3.63, 3.8) is 0 Å². The Labute approximate surface area is 214 Å². The molecule has 1 heterocycles. The number of aromatic nitrogens is 1. The standard InChI is InChI=1S/C36H23N/c1-2-11-24(12-3-1)25-13-10-14-26(21-25)37-35-20-9-8-19-31(35)34-22-32-29-17-6-4-15-27(29)28-16-5-7-18-30(28)33(32)23-36(34)37/h1-23H. The van der Waals surface area contributed by atoms with Gasteiger partial charge in [-0.2, -0.15) is 0 Å². The summed E-state index contributed by atoms with van der Waals surface area (Å²) < 4.78 is 2.43. The van der Waals surface area contributed by atoms with Gasteiger partial charge < -0.3 is 4.57 Å². The number of nitrogens with zero attached hydrogens (tertiary/aromatic N) is 1. The lowest BCUT2D eigenvalue weighted by Gasteiger charge is -2.13. The van der Waals surface area contributed by atoms with E-state index in [0.29, 0.717) is 0 Å². The summed E-state index contributed by atoms with van der Waals surface area (Å²) in [6, 6.07) is 50.8. The molecule has 1 heteroatoms. The van der Waals surface area contributed by atoms with Crippen LogP contribution in [-0.2, 0) is 0 Å². The molecule has 0 amide bonds. The summed E-state index contributed by atoms with van der Waals surface area (Å²) in [7, 11) is 0. The topological polar surface area (TPSA) is 4.93 Å². The van der Waals surface area contributed by atoms with Gasteiger partial charge in [0.15, 0.2) is 0 Å². The fourth-order valence-electron chi connectivity index (χ4n) is 6.10. The zero-order chi connectivity index (χ0) is 24.3. The lowest BCUT2D eigenvalue weighted by atomic mass is 9.93. The molecule has 0 aliphatic heterocycles. The highest BCUT2D eigenvalue weighted by molar-refractivity contribution is 6.28. The fourth-order valence-corrected chi connectivity index (χ4v) is 6.10. The van der Waals surface area contributed by atoms with Gasteiger partial charge in [-0.3, -0.25) is 0 Å². The molecule has 0 aliphatic rings. The van der Waals surface area contributed by atoms with E-state index >= 15 is 0 Å². The lowest BCUT2D eigenvalue weighted by molar-refractivity contribution is 1.18. The largest absolute Gasteiger partial charge is 0.309 e. The van der Waals surface area contributed by atoms with Crippen molar-refractivity contribution in [1.29, 1.82) is 0 Å². The van der Waals surface area contributed by atoms with Crippen molar-refractivity contribution in [1.82, 2.24) is 4.57 Å². The van der Waals surface area contributed by atoms with Crippen LogP contribution in [0.2, 0.25) is 0 Å². The first-order chi connectivity index (χ1) is 18.4. The molecule has 0 bridgehead atoms. The van der Waals surface area contributed by atoms with E-state index < -0.39 is 0 Å². The molecule has 1 aromatic heterocycles. The summed E-state index contributed by atoms with van der Waals surface area (Å²) >= 11 is 0. The maximum Gasteiger partial charge on any atom is 0.0547 e. The van der Waals surface area contributed by atoms with Gasteiger partial charge in [0, 0.05) is 16.5 Å². The fraction of sp³-hybridized carbons (Fsp3) is 0. The van der Waals surface area contributed by atoms with Gasteiger partial charge in [0.1, 0.15) is 0 Å². The van der Waals surface area contributed by atoms with Crippen LogP contribution in [0.4, 0.5) is 0 Å². The third kappa shape index (κ3) is 2.98. The number of hydrogen-bond acceptors (Lipinski definition) is 0. The van der Waals surface area contributed by atoms with E-state index in [0.717, 1.165) is 0 Å². The summed E-state index contributed by atoms with van der Waals surface area (Å²) in [6.45, 7) is 0. The van der Waals surface area contributed by atoms with Crippen LogP contribution in [0.1, 0.15) is 0 Å². The van der Waals surface area contributed by atoms with Crippen LogP contribution in [0.5, 0.6) is 0 Å². The van der Waals surface area contributed by atoms with Gasteiger partial charge in [-0.1, -0.05) is 109 Å². The maximum atomic E-state index is 2.43. The van der Waals surface area contributed by atoms with Crippen LogP contribution in [0.25, 0.3) is 70.9 Å². The van der Waals surface area contributed by atoms with Crippen LogP contribution in [0.3, 0.4) is 0 Å². The van der Waals surface area contributed by atoms with Crippen LogP contribution < -0.4 is 0 Å². The van der Waals surface area contributed by atoms with Gasteiger partial charge in [-0.15, -0.1) is 0 Å². The van der Waals surface area contributed by atoms with E-state index in [4.69, 9.17) is 0 Å². The van der Waals surface area contributed by atoms with Crippen molar-refractivity contribution in [2.75, 3.05) is 0 Å². The first-order valence-corrected chi connectivity index (χ1v) is 12.8. The number of benzene rings is 7. The molecule has 172 valence electrons. The molecule has 0 radical (unpaired) electrons. The summed E-state index contributed by atoms with van der Waals surface area (Å²) in [4.78, 5) is 0. The first kappa shape index (κ1) is 20.3. The Kier molecular flexibility index (Phi) is 4.29. The second-order valence-electron chi connectivity index (χ2n) is 9.78. The third-order valence-corrected chi connectivity index (χ3v) is 7.75. The van der Waals surface area contributed by atoms with E-state index in [1.807, 2.05) is 0 Å². The Balaban J connectivity index is 1.53. The average Bonchev–Trinajstić information content (AvgIpc) is 3.30. The molecule has 0 saturated carbocycles. The minimum atomic E-state index is 1.18. The van der Waals surface area contributed by atoms with Crippen molar-refractivity contribution >= 4 is 54.1 Å².